The van der Waals surface area contributed by atoms with Gasteiger partial charge in [0.2, 0.25) is 5.96 Å². The molecular weight excluding hydrogens is 256 g/mol. The number of hydrogen-bond donors (Lipinski definition) is 3. The van der Waals surface area contributed by atoms with E-state index < -0.39 is 0 Å². The van der Waals surface area contributed by atoms with Crippen LogP contribution in [-0.4, -0.2) is 28.8 Å². The molecule has 1 aliphatic heterocycles. The summed E-state index contributed by atoms with van der Waals surface area (Å²) in [6.07, 6.45) is 2.16. The normalized spacial score (nSPS) is 18.1. The van der Waals surface area contributed by atoms with Crippen LogP contribution in [0, 0.1) is 0 Å². The Kier molecular flexibility index (Phi) is 2.81. The van der Waals surface area contributed by atoms with Crippen molar-refractivity contribution in [2.75, 3.05) is 0 Å². The van der Waals surface area contributed by atoms with Crippen LogP contribution in [0.1, 0.15) is 28.8 Å². The zero-order valence-electron chi connectivity index (χ0n) is 10.9. The van der Waals surface area contributed by atoms with Gasteiger partial charge in [-0.3, -0.25) is 4.79 Å². The second-order valence-corrected chi connectivity index (χ2v) is 4.97. The van der Waals surface area contributed by atoms with Crippen LogP contribution in [0.4, 0.5) is 5.69 Å². The highest BCUT2D eigenvalue weighted by Crippen LogP contribution is 2.37. The van der Waals surface area contributed by atoms with E-state index in [1.807, 2.05) is 11.0 Å². The Hall–Kier alpha value is -2.57. The summed E-state index contributed by atoms with van der Waals surface area (Å²) in [4.78, 5) is 22.0. The lowest BCUT2D eigenvalue weighted by Gasteiger charge is -2.13. The van der Waals surface area contributed by atoms with Gasteiger partial charge in [-0.25, -0.2) is 4.99 Å². The first-order chi connectivity index (χ1) is 9.56. The van der Waals surface area contributed by atoms with Crippen LogP contribution in [0.3, 0.4) is 0 Å². The van der Waals surface area contributed by atoms with Crippen LogP contribution in [0.2, 0.25) is 0 Å². The molecule has 7 heteroatoms. The number of guanidine groups is 2. The third-order valence-corrected chi connectivity index (χ3v) is 3.44. The van der Waals surface area contributed by atoms with Crippen LogP contribution in [0.25, 0.3) is 0 Å². The number of fused-ring (bicyclic) bond motifs is 1. The zero-order chi connectivity index (χ0) is 14.3. The van der Waals surface area contributed by atoms with Crippen molar-refractivity contribution in [2.24, 2.45) is 27.2 Å². The molecule has 0 radical (unpaired) electrons. The lowest BCUT2D eigenvalue weighted by atomic mass is 10.1. The van der Waals surface area contributed by atoms with E-state index in [-0.39, 0.29) is 17.8 Å². The molecule has 2 aliphatic rings. The SMILES string of the molecule is NC(N)=NC(N)=Nc1cccc2c1CN(C1CC1)C2=O. The highest BCUT2D eigenvalue weighted by molar-refractivity contribution is 6.01. The number of nitrogens with two attached hydrogens (primary N) is 3. The van der Waals surface area contributed by atoms with Gasteiger partial charge in [0.15, 0.2) is 5.96 Å². The molecule has 0 aromatic heterocycles. The summed E-state index contributed by atoms with van der Waals surface area (Å²) in [7, 11) is 0. The fourth-order valence-electron chi connectivity index (χ4n) is 2.40. The quantitative estimate of drug-likeness (QED) is 0.519. The van der Waals surface area contributed by atoms with E-state index in [0.717, 1.165) is 18.4 Å². The Morgan fingerprint density at radius 2 is 2.00 bits per heavy atom. The summed E-state index contributed by atoms with van der Waals surface area (Å²) in [5, 5.41) is 0. The van der Waals surface area contributed by atoms with Crippen molar-refractivity contribution in [1.82, 2.24) is 4.90 Å². The summed E-state index contributed by atoms with van der Waals surface area (Å²) in [6.45, 7) is 0.577. The number of rotatable bonds is 2. The average molecular weight is 272 g/mol. The third kappa shape index (κ3) is 2.18. The monoisotopic (exact) mass is 272 g/mol. The van der Waals surface area contributed by atoms with Crippen LogP contribution >= 0.6 is 0 Å². The first-order valence-electron chi connectivity index (χ1n) is 6.43. The van der Waals surface area contributed by atoms with Gasteiger partial charge in [-0.05, 0) is 25.0 Å². The van der Waals surface area contributed by atoms with E-state index in [4.69, 9.17) is 17.2 Å². The van der Waals surface area contributed by atoms with Crippen molar-refractivity contribution in [3.05, 3.63) is 29.3 Å². The van der Waals surface area contributed by atoms with Crippen molar-refractivity contribution in [3.63, 3.8) is 0 Å². The molecule has 3 rings (SSSR count). The van der Waals surface area contributed by atoms with E-state index in [0.29, 0.717) is 23.8 Å². The van der Waals surface area contributed by atoms with Gasteiger partial charge in [0, 0.05) is 23.7 Å². The number of hydrogen-bond acceptors (Lipinski definition) is 2. The van der Waals surface area contributed by atoms with Crippen molar-refractivity contribution in [1.29, 1.82) is 0 Å². The smallest absolute Gasteiger partial charge is 0.254 e. The summed E-state index contributed by atoms with van der Waals surface area (Å²) in [5.41, 5.74) is 18.4. The highest BCUT2D eigenvalue weighted by Gasteiger charge is 2.38. The van der Waals surface area contributed by atoms with Gasteiger partial charge in [0.25, 0.3) is 5.91 Å². The van der Waals surface area contributed by atoms with E-state index >= 15 is 0 Å². The van der Waals surface area contributed by atoms with Crippen LogP contribution < -0.4 is 17.2 Å². The van der Waals surface area contributed by atoms with Crippen molar-refractivity contribution < 1.29 is 4.79 Å². The van der Waals surface area contributed by atoms with Gasteiger partial charge in [-0.15, -0.1) is 0 Å². The summed E-state index contributed by atoms with van der Waals surface area (Å²) < 4.78 is 0. The molecule has 1 heterocycles. The number of aliphatic imine (C=N–C) groups is 2. The Morgan fingerprint density at radius 1 is 1.25 bits per heavy atom. The Morgan fingerprint density at radius 3 is 2.65 bits per heavy atom. The van der Waals surface area contributed by atoms with E-state index in [1.54, 1.807) is 12.1 Å². The standard InChI is InChI=1S/C13H16N6O/c14-12(15)18-13(16)17-10-3-1-2-8-9(10)6-19(11(8)20)7-4-5-7/h1-3,7H,4-6H2,(H6,14,15,16,17,18). The molecule has 7 nitrogen and oxygen atoms in total. The fraction of sp³-hybridized carbons (Fsp3) is 0.308. The average Bonchev–Trinajstić information content (AvgIpc) is 3.15. The predicted octanol–water partition coefficient (Wildman–Crippen LogP) is 0.0244. The van der Waals surface area contributed by atoms with Gasteiger partial charge in [-0.1, -0.05) is 6.07 Å². The Bertz CT molecular complexity index is 628. The van der Waals surface area contributed by atoms with E-state index in [1.165, 1.54) is 0 Å². The minimum absolute atomic E-state index is 0.0179. The molecule has 1 fully saturated rings. The molecular formula is C13H16N6O. The second-order valence-electron chi connectivity index (χ2n) is 4.97. The van der Waals surface area contributed by atoms with Gasteiger partial charge >= 0.3 is 0 Å². The molecule has 1 amide bonds. The maximum Gasteiger partial charge on any atom is 0.254 e. The third-order valence-electron chi connectivity index (χ3n) is 3.44. The highest BCUT2D eigenvalue weighted by atomic mass is 16.2. The Balaban J connectivity index is 1.96. The number of nitrogens with zero attached hydrogens (tertiary/aromatic N) is 3. The number of carbonyl (C=O) groups excluding carboxylic acids is 1. The first kappa shape index (κ1) is 12.5. The molecule has 0 saturated heterocycles. The molecule has 0 atom stereocenters. The molecule has 1 aromatic rings. The van der Waals surface area contributed by atoms with Crippen LogP contribution in [0.15, 0.2) is 28.2 Å². The van der Waals surface area contributed by atoms with E-state index in [9.17, 15) is 4.79 Å². The second kappa shape index (κ2) is 4.52. The summed E-state index contributed by atoms with van der Waals surface area (Å²) in [6, 6.07) is 5.78. The fourth-order valence-corrected chi connectivity index (χ4v) is 2.40. The topological polar surface area (TPSA) is 123 Å². The molecule has 20 heavy (non-hydrogen) atoms. The van der Waals surface area contributed by atoms with Crippen LogP contribution in [-0.2, 0) is 6.54 Å². The number of amides is 1. The molecule has 6 N–H and O–H groups in total. The largest absolute Gasteiger partial charge is 0.370 e. The maximum absolute atomic E-state index is 12.3. The van der Waals surface area contributed by atoms with E-state index in [2.05, 4.69) is 9.98 Å². The van der Waals surface area contributed by atoms with Crippen LogP contribution in [0.5, 0.6) is 0 Å². The first-order valence-corrected chi connectivity index (χ1v) is 6.43. The van der Waals surface area contributed by atoms with Crippen molar-refractivity contribution >= 4 is 23.5 Å². The maximum atomic E-state index is 12.3. The minimum atomic E-state index is -0.144. The molecule has 0 spiro atoms. The molecule has 0 bridgehead atoms. The van der Waals surface area contributed by atoms with Crippen molar-refractivity contribution in [3.8, 4) is 0 Å². The molecule has 1 aromatic carbocycles. The molecule has 1 aliphatic carbocycles. The lowest BCUT2D eigenvalue weighted by Crippen LogP contribution is -2.26. The van der Waals surface area contributed by atoms with Gasteiger partial charge in [0.1, 0.15) is 0 Å². The van der Waals surface area contributed by atoms with Gasteiger partial charge < -0.3 is 22.1 Å². The zero-order valence-corrected chi connectivity index (χ0v) is 10.9. The summed E-state index contributed by atoms with van der Waals surface area (Å²) >= 11 is 0. The van der Waals surface area contributed by atoms with Crippen molar-refractivity contribution in [2.45, 2.75) is 25.4 Å². The van der Waals surface area contributed by atoms with Gasteiger partial charge in [0.05, 0.1) is 5.69 Å². The van der Waals surface area contributed by atoms with Gasteiger partial charge in [-0.2, -0.15) is 4.99 Å². The summed E-state index contributed by atoms with van der Waals surface area (Å²) in [5.74, 6) is -0.0924. The molecule has 104 valence electrons. The minimum Gasteiger partial charge on any atom is -0.370 e. The molecule has 0 unspecified atom stereocenters. The predicted molar refractivity (Wildman–Crippen MR) is 76.4 cm³/mol. The lowest BCUT2D eigenvalue weighted by molar-refractivity contribution is 0.0766. The Labute approximate surface area is 116 Å². The molecule has 1 saturated carbocycles. The number of carbonyl (C=O) groups is 1. The number of benzene rings is 1.